The van der Waals surface area contributed by atoms with Crippen LogP contribution in [0.5, 0.6) is 0 Å². The summed E-state index contributed by atoms with van der Waals surface area (Å²) in [6.45, 7) is 7.83. The molecule has 2 amide bonds. The van der Waals surface area contributed by atoms with Crippen molar-refractivity contribution in [3.63, 3.8) is 0 Å². The first-order valence-electron chi connectivity index (χ1n) is 13.0. The lowest BCUT2D eigenvalue weighted by Crippen LogP contribution is -2.63. The summed E-state index contributed by atoms with van der Waals surface area (Å²) >= 11 is 0. The van der Waals surface area contributed by atoms with Gasteiger partial charge in [-0.25, -0.2) is 9.18 Å². The van der Waals surface area contributed by atoms with Gasteiger partial charge >= 0.3 is 6.09 Å². The fourth-order valence-electron chi connectivity index (χ4n) is 4.70. The van der Waals surface area contributed by atoms with Crippen molar-refractivity contribution in [1.82, 2.24) is 15.5 Å². The molecule has 7 heteroatoms. The average molecular weight is 518 g/mol. The fraction of sp³-hybridized carbons (Fsp3) is 0.355. The standard InChI is InChI=1S/C31H36FN3O3/c1-30(2,3)38-29(37)34-31(16-18-35(19-17-31)22-23-8-5-4-6-9-23)28(36)33-21-24-10-7-11-26(20-24)25-12-14-27(32)15-13-25/h4-15,20H,16-19,21-22H2,1-3H3,(H,33,36)(H,34,37). The molecule has 0 aliphatic carbocycles. The highest BCUT2D eigenvalue weighted by molar-refractivity contribution is 5.90. The van der Waals surface area contributed by atoms with Crippen molar-refractivity contribution in [2.75, 3.05) is 13.1 Å². The first kappa shape index (κ1) is 27.3. The number of carbonyl (C=O) groups is 2. The van der Waals surface area contributed by atoms with Crippen LogP contribution in [0.3, 0.4) is 0 Å². The number of halogens is 1. The number of nitrogens with zero attached hydrogens (tertiary/aromatic N) is 1. The Morgan fingerprint density at radius 3 is 2.21 bits per heavy atom. The molecule has 0 aromatic heterocycles. The molecule has 2 N–H and O–H groups in total. The first-order valence-corrected chi connectivity index (χ1v) is 13.0. The number of amides is 2. The Hall–Kier alpha value is -3.71. The average Bonchev–Trinajstić information content (AvgIpc) is 2.88. The largest absolute Gasteiger partial charge is 0.444 e. The smallest absolute Gasteiger partial charge is 0.408 e. The fourth-order valence-corrected chi connectivity index (χ4v) is 4.70. The Kier molecular flexibility index (Phi) is 8.47. The van der Waals surface area contributed by atoms with Crippen molar-refractivity contribution >= 4 is 12.0 Å². The van der Waals surface area contributed by atoms with Crippen molar-refractivity contribution in [2.45, 2.75) is 57.8 Å². The molecule has 0 bridgehead atoms. The van der Waals surface area contributed by atoms with E-state index in [1.54, 1.807) is 32.9 Å². The van der Waals surface area contributed by atoms with Gasteiger partial charge in [-0.3, -0.25) is 9.69 Å². The Morgan fingerprint density at radius 1 is 0.895 bits per heavy atom. The number of carbonyl (C=O) groups excluding carboxylic acids is 2. The minimum atomic E-state index is -1.07. The normalized spacial score (nSPS) is 15.5. The maximum absolute atomic E-state index is 13.6. The Bertz CT molecular complexity index is 1230. The minimum Gasteiger partial charge on any atom is -0.444 e. The number of rotatable bonds is 7. The van der Waals surface area contributed by atoms with Gasteiger partial charge in [-0.1, -0.05) is 60.7 Å². The van der Waals surface area contributed by atoms with Crippen LogP contribution in [0.25, 0.3) is 11.1 Å². The molecule has 3 aromatic rings. The van der Waals surface area contributed by atoms with Crippen LogP contribution in [0.1, 0.15) is 44.7 Å². The van der Waals surface area contributed by atoms with E-state index in [1.165, 1.54) is 17.7 Å². The van der Waals surface area contributed by atoms with Gasteiger partial charge in [0.1, 0.15) is 17.0 Å². The first-order chi connectivity index (χ1) is 18.1. The maximum Gasteiger partial charge on any atom is 0.408 e. The molecule has 0 saturated carbocycles. The molecular weight excluding hydrogens is 481 g/mol. The molecule has 6 nitrogen and oxygen atoms in total. The zero-order valence-corrected chi connectivity index (χ0v) is 22.3. The van der Waals surface area contributed by atoms with E-state index in [4.69, 9.17) is 4.74 Å². The number of ether oxygens (including phenoxy) is 1. The predicted molar refractivity (Wildman–Crippen MR) is 147 cm³/mol. The van der Waals surface area contributed by atoms with Crippen LogP contribution in [-0.2, 0) is 22.6 Å². The van der Waals surface area contributed by atoms with Gasteiger partial charge in [0.15, 0.2) is 0 Å². The molecule has 1 heterocycles. The van der Waals surface area contributed by atoms with Crippen LogP contribution in [0.4, 0.5) is 9.18 Å². The van der Waals surface area contributed by atoms with E-state index >= 15 is 0 Å². The number of hydrogen-bond donors (Lipinski definition) is 2. The van der Waals surface area contributed by atoms with E-state index in [-0.39, 0.29) is 11.7 Å². The van der Waals surface area contributed by atoms with Gasteiger partial charge < -0.3 is 15.4 Å². The zero-order chi connectivity index (χ0) is 27.2. The van der Waals surface area contributed by atoms with Gasteiger partial charge in [0.2, 0.25) is 5.91 Å². The third kappa shape index (κ3) is 7.42. The summed E-state index contributed by atoms with van der Waals surface area (Å²) in [6.07, 6.45) is 0.351. The van der Waals surface area contributed by atoms with E-state index in [0.29, 0.717) is 32.5 Å². The molecule has 0 atom stereocenters. The molecule has 1 aliphatic rings. The van der Waals surface area contributed by atoms with Crippen molar-refractivity contribution in [3.05, 3.63) is 95.8 Å². The van der Waals surface area contributed by atoms with E-state index < -0.39 is 17.2 Å². The van der Waals surface area contributed by atoms with Gasteiger partial charge in [-0.15, -0.1) is 0 Å². The molecule has 38 heavy (non-hydrogen) atoms. The van der Waals surface area contributed by atoms with Crippen molar-refractivity contribution < 1.29 is 18.7 Å². The molecule has 3 aromatic carbocycles. The summed E-state index contributed by atoms with van der Waals surface area (Å²) in [5.74, 6) is -0.510. The van der Waals surface area contributed by atoms with Crippen molar-refractivity contribution in [3.8, 4) is 11.1 Å². The number of nitrogens with one attached hydrogen (secondary N) is 2. The summed E-state index contributed by atoms with van der Waals surface area (Å²) in [4.78, 5) is 28.7. The summed E-state index contributed by atoms with van der Waals surface area (Å²) in [5, 5.41) is 5.96. The predicted octanol–water partition coefficient (Wildman–Crippen LogP) is 5.67. The second-order valence-corrected chi connectivity index (χ2v) is 10.9. The summed E-state index contributed by atoms with van der Waals surface area (Å²) in [6, 6.07) is 24.3. The molecule has 0 radical (unpaired) electrons. The number of alkyl carbamates (subject to hydrolysis) is 1. The van der Waals surface area contributed by atoms with Crippen LogP contribution < -0.4 is 10.6 Å². The van der Waals surface area contributed by atoms with Crippen molar-refractivity contribution in [1.29, 1.82) is 0 Å². The van der Waals surface area contributed by atoms with Gasteiger partial charge in [0, 0.05) is 26.2 Å². The monoisotopic (exact) mass is 517 g/mol. The van der Waals surface area contributed by atoms with Gasteiger partial charge in [0.25, 0.3) is 0 Å². The Morgan fingerprint density at radius 2 is 1.55 bits per heavy atom. The van der Waals surface area contributed by atoms with E-state index in [9.17, 15) is 14.0 Å². The van der Waals surface area contributed by atoms with Crippen LogP contribution in [-0.4, -0.2) is 41.1 Å². The Balaban J connectivity index is 1.45. The molecule has 0 spiro atoms. The summed E-state index contributed by atoms with van der Waals surface area (Å²) in [5.41, 5.74) is 2.22. The highest BCUT2D eigenvalue weighted by Crippen LogP contribution is 2.26. The highest BCUT2D eigenvalue weighted by atomic mass is 19.1. The topological polar surface area (TPSA) is 70.7 Å². The summed E-state index contributed by atoms with van der Waals surface area (Å²) in [7, 11) is 0. The number of likely N-dealkylation sites (tertiary alicyclic amines) is 1. The van der Waals surface area contributed by atoms with Crippen LogP contribution >= 0.6 is 0 Å². The zero-order valence-electron chi connectivity index (χ0n) is 22.3. The van der Waals surface area contributed by atoms with Gasteiger partial charge in [-0.2, -0.15) is 0 Å². The van der Waals surface area contributed by atoms with Crippen LogP contribution in [0.15, 0.2) is 78.9 Å². The quantitative estimate of drug-likeness (QED) is 0.424. The molecule has 1 fully saturated rings. The van der Waals surface area contributed by atoms with E-state index in [1.807, 2.05) is 42.5 Å². The van der Waals surface area contributed by atoms with E-state index in [0.717, 1.165) is 23.2 Å². The molecule has 1 saturated heterocycles. The number of benzene rings is 3. The maximum atomic E-state index is 13.6. The second-order valence-electron chi connectivity index (χ2n) is 10.9. The minimum absolute atomic E-state index is 0.227. The Labute approximate surface area is 224 Å². The molecule has 4 rings (SSSR count). The second kappa shape index (κ2) is 11.8. The van der Waals surface area contributed by atoms with Crippen LogP contribution in [0, 0.1) is 5.82 Å². The van der Waals surface area contributed by atoms with Crippen LogP contribution in [0.2, 0.25) is 0 Å². The summed E-state index contributed by atoms with van der Waals surface area (Å²) < 4.78 is 18.8. The molecule has 1 aliphatic heterocycles. The number of hydrogen-bond acceptors (Lipinski definition) is 4. The highest BCUT2D eigenvalue weighted by Gasteiger charge is 2.43. The van der Waals surface area contributed by atoms with Gasteiger partial charge in [-0.05, 0) is 74.1 Å². The third-order valence-corrected chi connectivity index (χ3v) is 6.69. The molecule has 200 valence electrons. The number of piperidine rings is 1. The lowest BCUT2D eigenvalue weighted by Gasteiger charge is -2.41. The lowest BCUT2D eigenvalue weighted by atomic mass is 9.86. The third-order valence-electron chi connectivity index (χ3n) is 6.69. The van der Waals surface area contributed by atoms with E-state index in [2.05, 4.69) is 27.7 Å². The van der Waals surface area contributed by atoms with Gasteiger partial charge in [0.05, 0.1) is 0 Å². The SMILES string of the molecule is CC(C)(C)OC(=O)NC1(C(=O)NCc2cccc(-c3ccc(F)cc3)c2)CCN(Cc2ccccc2)CC1. The lowest BCUT2D eigenvalue weighted by molar-refractivity contribution is -0.130. The molecule has 0 unspecified atom stereocenters. The van der Waals surface area contributed by atoms with Crippen molar-refractivity contribution in [2.24, 2.45) is 0 Å². The molecular formula is C31H36FN3O3.